The zero-order valence-corrected chi connectivity index (χ0v) is 3.97. The van der Waals surface area contributed by atoms with Crippen LogP contribution in [0.5, 0.6) is 0 Å². The summed E-state index contributed by atoms with van der Waals surface area (Å²) in [6.45, 7) is 2.97. The highest BCUT2D eigenvalue weighted by atomic mass is 16.3. The molecular formula is C4H9O2. The van der Waals surface area contributed by atoms with E-state index in [1.807, 2.05) is 0 Å². The molecule has 0 saturated carbocycles. The Morgan fingerprint density at radius 1 is 1.67 bits per heavy atom. The van der Waals surface area contributed by atoms with Gasteiger partial charge in [0.05, 0.1) is 6.10 Å². The van der Waals surface area contributed by atoms with E-state index in [9.17, 15) is 0 Å². The van der Waals surface area contributed by atoms with Crippen molar-refractivity contribution in [1.29, 1.82) is 0 Å². The van der Waals surface area contributed by atoms with E-state index in [2.05, 4.69) is 0 Å². The van der Waals surface area contributed by atoms with Gasteiger partial charge in [-0.05, 0) is 13.8 Å². The Morgan fingerprint density at radius 3 is 1.83 bits per heavy atom. The normalized spacial score (nSPS) is 15.5. The van der Waals surface area contributed by atoms with Gasteiger partial charge in [-0.2, -0.15) is 0 Å². The van der Waals surface area contributed by atoms with Gasteiger partial charge in [-0.15, -0.1) is 0 Å². The highest BCUT2D eigenvalue weighted by molar-refractivity contribution is 4.73. The minimum Gasteiger partial charge on any atom is -0.390 e. The van der Waals surface area contributed by atoms with Crippen LogP contribution in [0.2, 0.25) is 0 Å². The molecule has 0 spiro atoms. The van der Waals surface area contributed by atoms with E-state index in [0.717, 1.165) is 0 Å². The first-order valence-corrected chi connectivity index (χ1v) is 1.85. The highest BCUT2D eigenvalue weighted by Crippen LogP contribution is 1.95. The van der Waals surface area contributed by atoms with Gasteiger partial charge in [0, 0.05) is 0 Å². The Labute approximate surface area is 37.4 Å². The van der Waals surface area contributed by atoms with Crippen LogP contribution in [0.4, 0.5) is 0 Å². The van der Waals surface area contributed by atoms with Crippen molar-refractivity contribution in [3.05, 3.63) is 6.10 Å². The molecule has 2 N–H and O–H groups in total. The smallest absolute Gasteiger partial charge is 0.118 e. The predicted octanol–water partition coefficient (Wildman–Crippen LogP) is 0.292. The van der Waals surface area contributed by atoms with Crippen molar-refractivity contribution in [2.75, 3.05) is 0 Å². The zero-order valence-electron chi connectivity index (χ0n) is 3.97. The van der Waals surface area contributed by atoms with Crippen molar-refractivity contribution in [3.63, 3.8) is 0 Å². The molecule has 0 aliphatic carbocycles. The molecule has 0 fully saturated rings. The van der Waals surface area contributed by atoms with Gasteiger partial charge in [0.15, 0.2) is 0 Å². The maximum atomic E-state index is 8.34. The summed E-state index contributed by atoms with van der Waals surface area (Å²) in [4.78, 5) is 0. The molecule has 2 nitrogen and oxygen atoms in total. The van der Waals surface area contributed by atoms with Crippen molar-refractivity contribution in [1.82, 2.24) is 0 Å². The van der Waals surface area contributed by atoms with Crippen molar-refractivity contribution in [3.8, 4) is 0 Å². The monoisotopic (exact) mass is 89.1 g/mol. The van der Waals surface area contributed by atoms with Gasteiger partial charge in [0.2, 0.25) is 0 Å². The third-order valence-corrected chi connectivity index (χ3v) is 0.605. The number of aliphatic hydroxyl groups excluding tert-OH is 2. The van der Waals surface area contributed by atoms with E-state index in [-0.39, 0.29) is 6.10 Å². The zero-order chi connectivity index (χ0) is 5.15. The molecular weight excluding hydrogens is 80.0 g/mol. The van der Waals surface area contributed by atoms with Gasteiger partial charge in [-0.3, -0.25) is 0 Å². The molecule has 0 amide bonds. The lowest BCUT2D eigenvalue weighted by atomic mass is 10.3. The Hall–Kier alpha value is -0.0800. The van der Waals surface area contributed by atoms with E-state index >= 15 is 0 Å². The third kappa shape index (κ3) is 2.18. The summed E-state index contributed by atoms with van der Waals surface area (Å²) in [5.41, 5.74) is 0. The average molecular weight is 89.1 g/mol. The van der Waals surface area contributed by atoms with Gasteiger partial charge in [0.25, 0.3) is 0 Å². The summed E-state index contributed by atoms with van der Waals surface area (Å²) in [7, 11) is 0. The topological polar surface area (TPSA) is 40.5 Å². The van der Waals surface area contributed by atoms with Gasteiger partial charge in [-0.1, -0.05) is 0 Å². The van der Waals surface area contributed by atoms with E-state index in [1.54, 1.807) is 0 Å². The van der Waals surface area contributed by atoms with Crippen LogP contribution in [0.3, 0.4) is 0 Å². The lowest BCUT2D eigenvalue weighted by molar-refractivity contribution is 0.119. The molecule has 0 bridgehead atoms. The first kappa shape index (κ1) is 5.92. The summed E-state index contributed by atoms with van der Waals surface area (Å²) < 4.78 is 0. The standard InChI is InChI=1S/C4H9O2/c1-3(5)4(2)6/h3,5-6H,1-2H3. The molecule has 1 unspecified atom stereocenters. The fourth-order valence-electron chi connectivity index (χ4n) is 0. The second-order valence-electron chi connectivity index (χ2n) is 1.32. The summed E-state index contributed by atoms with van der Waals surface area (Å²) in [5.74, 6) is 0. The fraction of sp³-hybridized carbons (Fsp3) is 0.750. The van der Waals surface area contributed by atoms with E-state index in [4.69, 9.17) is 10.2 Å². The molecule has 0 saturated heterocycles. The van der Waals surface area contributed by atoms with Gasteiger partial charge in [0.1, 0.15) is 6.10 Å². The van der Waals surface area contributed by atoms with Crippen LogP contribution in [0.15, 0.2) is 0 Å². The average Bonchev–Trinajstić information content (AvgIpc) is 1.36. The minimum absolute atomic E-state index is 0.0648. The molecule has 2 heteroatoms. The summed E-state index contributed by atoms with van der Waals surface area (Å²) in [6, 6.07) is 0. The predicted molar refractivity (Wildman–Crippen MR) is 22.5 cm³/mol. The Morgan fingerprint density at radius 2 is 1.83 bits per heavy atom. The Balaban J connectivity index is 2.99. The molecule has 0 aromatic carbocycles. The molecule has 6 heavy (non-hydrogen) atoms. The molecule has 0 rings (SSSR count). The van der Waals surface area contributed by atoms with Gasteiger partial charge >= 0.3 is 0 Å². The van der Waals surface area contributed by atoms with E-state index < -0.39 is 6.10 Å². The quantitative estimate of drug-likeness (QED) is 0.484. The molecule has 0 heterocycles. The lowest BCUT2D eigenvalue weighted by Crippen LogP contribution is -2.08. The highest BCUT2D eigenvalue weighted by Gasteiger charge is 2.01. The number of aliphatic hydroxyl groups is 2. The number of rotatable bonds is 1. The Kier molecular flexibility index (Phi) is 2.13. The molecule has 37 valence electrons. The van der Waals surface area contributed by atoms with Gasteiger partial charge < -0.3 is 10.2 Å². The van der Waals surface area contributed by atoms with Crippen LogP contribution in [-0.2, 0) is 0 Å². The van der Waals surface area contributed by atoms with Crippen molar-refractivity contribution in [2.45, 2.75) is 20.0 Å². The maximum absolute atomic E-state index is 8.34. The molecule has 0 aromatic rings. The van der Waals surface area contributed by atoms with Crippen LogP contribution in [0, 0.1) is 6.10 Å². The molecule has 0 aliphatic rings. The van der Waals surface area contributed by atoms with Crippen LogP contribution in [-0.4, -0.2) is 16.3 Å². The van der Waals surface area contributed by atoms with Crippen LogP contribution < -0.4 is 0 Å². The first-order chi connectivity index (χ1) is 2.64. The van der Waals surface area contributed by atoms with Gasteiger partial charge in [-0.25, -0.2) is 0 Å². The molecule has 1 radical (unpaired) electrons. The second kappa shape index (κ2) is 2.16. The fourth-order valence-corrected chi connectivity index (χ4v) is 0. The van der Waals surface area contributed by atoms with E-state index in [1.165, 1.54) is 13.8 Å². The van der Waals surface area contributed by atoms with E-state index in [0.29, 0.717) is 0 Å². The number of hydrogen-bond acceptors (Lipinski definition) is 2. The summed E-state index contributed by atoms with van der Waals surface area (Å²) in [5, 5.41) is 16.6. The first-order valence-electron chi connectivity index (χ1n) is 1.85. The molecule has 1 atom stereocenters. The van der Waals surface area contributed by atoms with Crippen molar-refractivity contribution in [2.24, 2.45) is 0 Å². The Bertz CT molecular complexity index is 26.5. The third-order valence-electron chi connectivity index (χ3n) is 0.605. The molecule has 0 aliphatic heterocycles. The molecule has 0 aromatic heterocycles. The van der Waals surface area contributed by atoms with Crippen LogP contribution in [0.1, 0.15) is 13.8 Å². The van der Waals surface area contributed by atoms with Crippen molar-refractivity contribution >= 4 is 0 Å². The maximum Gasteiger partial charge on any atom is 0.118 e. The SMILES string of the molecule is C[C](O)C(C)O. The lowest BCUT2D eigenvalue weighted by Gasteiger charge is -2.02. The largest absolute Gasteiger partial charge is 0.390 e. The minimum atomic E-state index is -0.676. The second-order valence-corrected chi connectivity index (χ2v) is 1.32. The number of hydrogen-bond donors (Lipinski definition) is 2. The van der Waals surface area contributed by atoms with Crippen LogP contribution >= 0.6 is 0 Å². The summed E-state index contributed by atoms with van der Waals surface area (Å²) in [6.07, 6.45) is -0.611. The summed E-state index contributed by atoms with van der Waals surface area (Å²) >= 11 is 0. The van der Waals surface area contributed by atoms with Crippen molar-refractivity contribution < 1.29 is 10.2 Å². The van der Waals surface area contributed by atoms with Crippen LogP contribution in [0.25, 0.3) is 0 Å².